The lowest BCUT2D eigenvalue weighted by Crippen LogP contribution is -2.35. The van der Waals surface area contributed by atoms with E-state index in [0.717, 1.165) is 43.0 Å². The highest BCUT2D eigenvalue weighted by Gasteiger charge is 2.23. The molecule has 1 unspecified atom stereocenters. The van der Waals surface area contributed by atoms with Crippen molar-refractivity contribution >= 4 is 23.3 Å². The molecule has 6 nitrogen and oxygen atoms in total. The molecule has 0 spiro atoms. The number of pyridine rings is 1. The lowest BCUT2D eigenvalue weighted by molar-refractivity contribution is 0.0724. The van der Waals surface area contributed by atoms with Crippen molar-refractivity contribution in [1.82, 2.24) is 9.88 Å². The highest BCUT2D eigenvalue weighted by molar-refractivity contribution is 6.33. The van der Waals surface area contributed by atoms with E-state index in [1.54, 1.807) is 12.3 Å². The number of nitrogens with one attached hydrogen (secondary N) is 1. The van der Waals surface area contributed by atoms with Crippen molar-refractivity contribution in [2.75, 3.05) is 31.6 Å². The molecule has 1 amide bonds. The Hall–Kier alpha value is -2.47. The van der Waals surface area contributed by atoms with Crippen molar-refractivity contribution in [1.29, 1.82) is 0 Å². The van der Waals surface area contributed by atoms with Gasteiger partial charge in [-0.2, -0.15) is 0 Å². The second-order valence-corrected chi connectivity index (χ2v) is 8.58. The summed E-state index contributed by atoms with van der Waals surface area (Å²) in [7, 11) is 0. The van der Waals surface area contributed by atoms with E-state index < -0.39 is 0 Å². The van der Waals surface area contributed by atoms with Crippen molar-refractivity contribution in [3.63, 3.8) is 0 Å². The van der Waals surface area contributed by atoms with Crippen LogP contribution >= 0.6 is 11.6 Å². The fraction of sp³-hybridized carbons (Fsp3) is 0.478. The number of carbonyl (C=O) groups is 1. The zero-order valence-electron chi connectivity index (χ0n) is 17.5. The van der Waals surface area contributed by atoms with Crippen molar-refractivity contribution in [2.45, 2.75) is 39.2 Å². The van der Waals surface area contributed by atoms with Crippen LogP contribution in [0.15, 0.2) is 30.5 Å². The zero-order chi connectivity index (χ0) is 21.1. The SMILES string of the molecule is CC(C)C(Nc1ncc(C(=O)N2CCCCC2)cc1Cl)c1ccc2c(c1)OCCO2. The Morgan fingerprint density at radius 3 is 2.53 bits per heavy atom. The van der Waals surface area contributed by atoms with Gasteiger partial charge in [-0.3, -0.25) is 4.79 Å². The van der Waals surface area contributed by atoms with Crippen molar-refractivity contribution in [3.05, 3.63) is 46.6 Å². The number of rotatable bonds is 5. The average Bonchev–Trinajstić information content (AvgIpc) is 2.77. The van der Waals surface area contributed by atoms with Crippen LogP contribution in [0.3, 0.4) is 0 Å². The fourth-order valence-corrected chi connectivity index (χ4v) is 4.20. The minimum Gasteiger partial charge on any atom is -0.486 e. The van der Waals surface area contributed by atoms with Gasteiger partial charge in [-0.1, -0.05) is 31.5 Å². The Kier molecular flexibility index (Phi) is 6.32. The summed E-state index contributed by atoms with van der Waals surface area (Å²) in [5.41, 5.74) is 1.61. The lowest BCUT2D eigenvalue weighted by atomic mass is 9.95. The zero-order valence-corrected chi connectivity index (χ0v) is 18.2. The van der Waals surface area contributed by atoms with Crippen LogP contribution in [0.1, 0.15) is 55.1 Å². The molecular formula is C23H28ClN3O3. The van der Waals surface area contributed by atoms with Crippen LogP contribution in [0, 0.1) is 5.92 Å². The van der Waals surface area contributed by atoms with Gasteiger partial charge in [0.2, 0.25) is 0 Å². The number of carbonyl (C=O) groups excluding carboxylic acids is 1. The highest BCUT2D eigenvalue weighted by atomic mass is 35.5. The molecule has 160 valence electrons. The fourth-order valence-electron chi connectivity index (χ4n) is 3.98. The minimum absolute atomic E-state index is 0.00268. The topological polar surface area (TPSA) is 63.7 Å². The third-order valence-electron chi connectivity index (χ3n) is 5.62. The Balaban J connectivity index is 1.53. The molecule has 1 fully saturated rings. The van der Waals surface area contributed by atoms with Crippen LogP contribution in [0.25, 0.3) is 0 Å². The van der Waals surface area contributed by atoms with E-state index in [2.05, 4.69) is 24.1 Å². The van der Waals surface area contributed by atoms with Gasteiger partial charge in [0.05, 0.1) is 16.6 Å². The van der Waals surface area contributed by atoms with Gasteiger partial charge in [0.15, 0.2) is 11.5 Å². The minimum atomic E-state index is -0.0190. The normalized spacial score (nSPS) is 17.0. The number of fused-ring (bicyclic) bond motifs is 1. The third-order valence-corrected chi connectivity index (χ3v) is 5.90. The van der Waals surface area contributed by atoms with Gasteiger partial charge in [0.25, 0.3) is 5.91 Å². The number of anilines is 1. The number of hydrogen-bond donors (Lipinski definition) is 1. The molecule has 1 N–H and O–H groups in total. The molecule has 4 rings (SSSR count). The number of piperidine rings is 1. The molecule has 3 heterocycles. The molecule has 0 aliphatic carbocycles. The molecule has 2 aliphatic heterocycles. The van der Waals surface area contributed by atoms with Gasteiger partial charge in [-0.05, 0) is 48.9 Å². The lowest BCUT2D eigenvalue weighted by Gasteiger charge is -2.27. The molecule has 0 radical (unpaired) electrons. The van der Waals surface area contributed by atoms with Gasteiger partial charge in [-0.25, -0.2) is 4.98 Å². The molecule has 0 bridgehead atoms. The molecule has 1 atom stereocenters. The Morgan fingerprint density at radius 2 is 1.83 bits per heavy atom. The number of aromatic nitrogens is 1. The summed E-state index contributed by atoms with van der Waals surface area (Å²) in [6.45, 7) is 7.00. The van der Waals surface area contributed by atoms with Gasteiger partial charge < -0.3 is 19.7 Å². The number of ether oxygens (including phenoxy) is 2. The molecule has 30 heavy (non-hydrogen) atoms. The molecule has 1 saturated heterocycles. The van der Waals surface area contributed by atoms with Gasteiger partial charge in [0.1, 0.15) is 19.0 Å². The van der Waals surface area contributed by atoms with Crippen molar-refractivity contribution in [3.8, 4) is 11.5 Å². The number of halogens is 1. The largest absolute Gasteiger partial charge is 0.486 e. The van der Waals surface area contributed by atoms with Crippen LogP contribution in [0.4, 0.5) is 5.82 Å². The summed E-state index contributed by atoms with van der Waals surface area (Å²) in [6, 6.07) is 7.68. The number of hydrogen-bond acceptors (Lipinski definition) is 5. The summed E-state index contributed by atoms with van der Waals surface area (Å²) in [6.07, 6.45) is 4.91. The molecule has 2 aromatic rings. The van der Waals surface area contributed by atoms with E-state index in [4.69, 9.17) is 21.1 Å². The standard InChI is InChI=1S/C23H28ClN3O3/c1-15(2)21(16-6-7-19-20(13-16)30-11-10-29-19)26-22-18(24)12-17(14-25-22)23(28)27-8-4-3-5-9-27/h6-7,12-15,21H,3-5,8-11H2,1-2H3,(H,25,26). The summed E-state index contributed by atoms with van der Waals surface area (Å²) in [5, 5.41) is 3.90. The second-order valence-electron chi connectivity index (χ2n) is 8.18. The first-order valence-corrected chi connectivity index (χ1v) is 11.0. The maximum atomic E-state index is 12.7. The van der Waals surface area contributed by atoms with Crippen molar-refractivity contribution < 1.29 is 14.3 Å². The Bertz CT molecular complexity index is 913. The molecule has 2 aliphatic rings. The number of likely N-dealkylation sites (tertiary alicyclic amines) is 1. The first kappa shape index (κ1) is 20.8. The first-order valence-electron chi connectivity index (χ1n) is 10.6. The van der Waals surface area contributed by atoms with E-state index in [9.17, 15) is 4.79 Å². The van der Waals surface area contributed by atoms with Crippen LogP contribution in [-0.2, 0) is 0 Å². The third kappa shape index (κ3) is 4.48. The summed E-state index contributed by atoms with van der Waals surface area (Å²) in [5.74, 6) is 2.38. The summed E-state index contributed by atoms with van der Waals surface area (Å²) >= 11 is 6.52. The highest BCUT2D eigenvalue weighted by Crippen LogP contribution is 2.36. The second kappa shape index (κ2) is 9.13. The molecule has 1 aromatic carbocycles. The van der Waals surface area contributed by atoms with Crippen molar-refractivity contribution in [2.24, 2.45) is 5.92 Å². The quantitative estimate of drug-likeness (QED) is 0.729. The number of amides is 1. The smallest absolute Gasteiger partial charge is 0.255 e. The van der Waals surface area contributed by atoms with E-state index in [1.807, 2.05) is 23.1 Å². The summed E-state index contributed by atoms with van der Waals surface area (Å²) in [4.78, 5) is 19.1. The van der Waals surface area contributed by atoms with Gasteiger partial charge in [-0.15, -0.1) is 0 Å². The predicted molar refractivity (Wildman–Crippen MR) is 118 cm³/mol. The first-order chi connectivity index (χ1) is 14.5. The Morgan fingerprint density at radius 1 is 1.10 bits per heavy atom. The molecule has 0 saturated carbocycles. The van der Waals surface area contributed by atoms with E-state index >= 15 is 0 Å². The van der Waals surface area contributed by atoms with E-state index in [0.29, 0.717) is 29.6 Å². The predicted octanol–water partition coefficient (Wildman–Crippen LogP) is 4.94. The number of nitrogens with zero attached hydrogens (tertiary/aromatic N) is 2. The van der Waals surface area contributed by atoms with E-state index in [1.165, 1.54) is 6.42 Å². The monoisotopic (exact) mass is 429 g/mol. The van der Waals surface area contributed by atoms with Crippen LogP contribution in [-0.4, -0.2) is 42.1 Å². The molecular weight excluding hydrogens is 402 g/mol. The van der Waals surface area contributed by atoms with Gasteiger partial charge in [0, 0.05) is 19.3 Å². The summed E-state index contributed by atoms with van der Waals surface area (Å²) < 4.78 is 11.4. The van der Waals surface area contributed by atoms with E-state index in [-0.39, 0.29) is 17.9 Å². The van der Waals surface area contributed by atoms with Crippen LogP contribution in [0.5, 0.6) is 11.5 Å². The maximum Gasteiger partial charge on any atom is 0.255 e. The van der Waals surface area contributed by atoms with Crippen LogP contribution < -0.4 is 14.8 Å². The van der Waals surface area contributed by atoms with Gasteiger partial charge >= 0.3 is 0 Å². The molecule has 7 heteroatoms. The average molecular weight is 430 g/mol. The Labute approximate surface area is 182 Å². The molecule has 1 aromatic heterocycles. The van der Waals surface area contributed by atoms with Crippen LogP contribution in [0.2, 0.25) is 5.02 Å². The maximum absolute atomic E-state index is 12.7. The number of benzene rings is 1.